The summed E-state index contributed by atoms with van der Waals surface area (Å²) < 4.78 is 11.0. The summed E-state index contributed by atoms with van der Waals surface area (Å²) in [5.74, 6) is 2.53. The number of likely N-dealkylation sites (tertiary alicyclic amines) is 1. The molecule has 3 atom stereocenters. The summed E-state index contributed by atoms with van der Waals surface area (Å²) in [4.78, 5) is 8.05. The van der Waals surface area contributed by atoms with Crippen molar-refractivity contribution in [1.82, 2.24) is 25.6 Å². The summed E-state index contributed by atoms with van der Waals surface area (Å²) in [5, 5.41) is 0. The summed E-state index contributed by atoms with van der Waals surface area (Å²) in [6.45, 7) is 14.3. The molecule has 0 saturated carbocycles. The van der Waals surface area contributed by atoms with Crippen molar-refractivity contribution >= 4 is 0 Å². The molecular weight excluding hydrogens is 402 g/mol. The molecule has 0 aliphatic carbocycles. The first-order valence-corrected chi connectivity index (χ1v) is 12.7. The van der Waals surface area contributed by atoms with Gasteiger partial charge in [0.2, 0.25) is 6.79 Å². The summed E-state index contributed by atoms with van der Waals surface area (Å²) in [7, 11) is 0. The van der Waals surface area contributed by atoms with E-state index in [4.69, 9.17) is 9.47 Å². The van der Waals surface area contributed by atoms with Crippen molar-refractivity contribution in [2.24, 2.45) is 5.92 Å². The second-order valence-corrected chi connectivity index (χ2v) is 10.6. The van der Waals surface area contributed by atoms with Crippen LogP contribution in [-0.2, 0) is 6.54 Å². The molecule has 0 radical (unpaired) electrons. The molecule has 3 fully saturated rings. The molecule has 1 aromatic rings. The number of ether oxygens (including phenoxy) is 2. The molecule has 4 aliphatic heterocycles. The van der Waals surface area contributed by atoms with Crippen molar-refractivity contribution < 1.29 is 9.47 Å². The maximum atomic E-state index is 5.54. The van der Waals surface area contributed by atoms with Gasteiger partial charge in [0.25, 0.3) is 0 Å². The molecule has 5 rings (SSSR count). The Balaban J connectivity index is 1.06. The number of piperazine rings is 1. The Kier molecular flexibility index (Phi) is 7.19. The fourth-order valence-electron chi connectivity index (χ4n) is 5.93. The lowest BCUT2D eigenvalue weighted by molar-refractivity contribution is 0.0475. The maximum Gasteiger partial charge on any atom is 0.231 e. The van der Waals surface area contributed by atoms with Crippen molar-refractivity contribution in [3.8, 4) is 11.5 Å². The minimum Gasteiger partial charge on any atom is -0.454 e. The van der Waals surface area contributed by atoms with Gasteiger partial charge in [-0.15, -0.1) is 0 Å². The fourth-order valence-corrected chi connectivity index (χ4v) is 5.93. The normalized spacial score (nSPS) is 29.8. The highest BCUT2D eigenvalue weighted by atomic mass is 16.7. The third-order valence-electron chi connectivity index (χ3n) is 7.54. The number of fused-ring (bicyclic) bond motifs is 1. The zero-order valence-electron chi connectivity index (χ0n) is 19.9. The van der Waals surface area contributed by atoms with Crippen LogP contribution in [0, 0.1) is 5.92 Å². The molecule has 178 valence electrons. The minimum atomic E-state index is 0.349. The second-order valence-electron chi connectivity index (χ2n) is 10.6. The van der Waals surface area contributed by atoms with Crippen molar-refractivity contribution in [2.45, 2.75) is 64.2 Å². The molecule has 4 aliphatic rings. The molecule has 0 amide bonds. The number of hydrogen-bond acceptors (Lipinski definition) is 7. The van der Waals surface area contributed by atoms with Crippen molar-refractivity contribution in [3.05, 3.63) is 23.8 Å². The van der Waals surface area contributed by atoms with E-state index >= 15 is 0 Å². The highest BCUT2D eigenvalue weighted by Gasteiger charge is 2.31. The van der Waals surface area contributed by atoms with E-state index in [-0.39, 0.29) is 0 Å². The van der Waals surface area contributed by atoms with Gasteiger partial charge < -0.3 is 14.4 Å². The summed E-state index contributed by atoms with van der Waals surface area (Å²) >= 11 is 0. The van der Waals surface area contributed by atoms with Crippen LogP contribution in [0.25, 0.3) is 0 Å². The number of nitrogens with one attached hydrogen (secondary N) is 2. The summed E-state index contributed by atoms with van der Waals surface area (Å²) in [6.07, 6.45) is 5.21. The minimum absolute atomic E-state index is 0.349. The molecule has 1 aromatic carbocycles. The molecule has 0 aromatic heterocycles. The first-order chi connectivity index (χ1) is 15.6. The molecule has 7 heteroatoms. The van der Waals surface area contributed by atoms with E-state index in [1.54, 1.807) is 0 Å². The van der Waals surface area contributed by atoms with Gasteiger partial charge in [0.15, 0.2) is 11.5 Å². The number of hydrogen-bond donors (Lipinski definition) is 2. The van der Waals surface area contributed by atoms with E-state index in [9.17, 15) is 0 Å². The lowest BCUT2D eigenvalue weighted by Gasteiger charge is -2.43. The lowest BCUT2D eigenvalue weighted by atomic mass is 9.98. The van der Waals surface area contributed by atoms with E-state index in [1.165, 1.54) is 64.0 Å². The third kappa shape index (κ3) is 5.57. The van der Waals surface area contributed by atoms with Gasteiger partial charge in [-0.05, 0) is 55.8 Å². The number of piperidine rings is 1. The Morgan fingerprint density at radius 3 is 2.62 bits per heavy atom. The molecule has 3 saturated heterocycles. The highest BCUT2D eigenvalue weighted by molar-refractivity contribution is 5.44. The highest BCUT2D eigenvalue weighted by Crippen LogP contribution is 2.33. The molecule has 0 bridgehead atoms. The molecule has 2 N–H and O–H groups in total. The predicted octanol–water partition coefficient (Wildman–Crippen LogP) is 2.28. The van der Waals surface area contributed by atoms with Crippen molar-refractivity contribution in [2.75, 3.05) is 52.6 Å². The third-order valence-corrected chi connectivity index (χ3v) is 7.54. The standard InChI is InChI=1S/C25H41N5O2/c1-19(2)12-21-14-22(27-26-21)16-29-7-3-4-23(17-29)30-10-8-28(9-11-30)15-20-5-6-24-25(13-20)32-18-31-24/h5-6,13,19,21-23,26-27H,3-4,7-12,14-18H2,1-2H3. The van der Waals surface area contributed by atoms with Gasteiger partial charge in [0.05, 0.1) is 0 Å². The van der Waals surface area contributed by atoms with E-state index < -0.39 is 0 Å². The van der Waals surface area contributed by atoms with Crippen LogP contribution in [0.5, 0.6) is 11.5 Å². The Morgan fingerprint density at radius 1 is 0.969 bits per heavy atom. The Morgan fingerprint density at radius 2 is 1.78 bits per heavy atom. The maximum absolute atomic E-state index is 5.54. The zero-order valence-corrected chi connectivity index (χ0v) is 19.9. The van der Waals surface area contributed by atoms with E-state index in [0.717, 1.165) is 43.1 Å². The van der Waals surface area contributed by atoms with Crippen LogP contribution in [0.15, 0.2) is 18.2 Å². The molecule has 0 spiro atoms. The average molecular weight is 444 g/mol. The lowest BCUT2D eigenvalue weighted by Crippen LogP contribution is -2.55. The predicted molar refractivity (Wildman–Crippen MR) is 127 cm³/mol. The quantitative estimate of drug-likeness (QED) is 0.671. The van der Waals surface area contributed by atoms with Crippen molar-refractivity contribution in [1.29, 1.82) is 0 Å². The first kappa shape index (κ1) is 22.4. The van der Waals surface area contributed by atoms with E-state index in [0.29, 0.717) is 18.9 Å². The van der Waals surface area contributed by atoms with Crippen LogP contribution < -0.4 is 20.3 Å². The summed E-state index contributed by atoms with van der Waals surface area (Å²) in [6, 6.07) is 8.32. The number of nitrogens with zero attached hydrogens (tertiary/aromatic N) is 3. The smallest absolute Gasteiger partial charge is 0.231 e. The van der Waals surface area contributed by atoms with Crippen LogP contribution in [-0.4, -0.2) is 85.4 Å². The fraction of sp³-hybridized carbons (Fsp3) is 0.760. The summed E-state index contributed by atoms with van der Waals surface area (Å²) in [5.41, 5.74) is 8.42. The van der Waals surface area contributed by atoms with Crippen molar-refractivity contribution in [3.63, 3.8) is 0 Å². The van der Waals surface area contributed by atoms with E-state index in [2.05, 4.69) is 51.5 Å². The molecular formula is C25H41N5O2. The Hall–Kier alpha value is -1.38. The molecule has 4 heterocycles. The van der Waals surface area contributed by atoms with Crippen LogP contribution in [0.4, 0.5) is 0 Å². The van der Waals surface area contributed by atoms with Crippen LogP contribution >= 0.6 is 0 Å². The van der Waals surface area contributed by atoms with Gasteiger partial charge in [-0.25, -0.2) is 0 Å². The molecule has 7 nitrogen and oxygen atoms in total. The Labute approximate surface area is 193 Å². The molecule has 3 unspecified atom stereocenters. The van der Waals surface area contributed by atoms with Gasteiger partial charge in [-0.1, -0.05) is 19.9 Å². The second kappa shape index (κ2) is 10.3. The van der Waals surface area contributed by atoms with Gasteiger partial charge in [-0.3, -0.25) is 20.7 Å². The zero-order chi connectivity index (χ0) is 21.9. The average Bonchev–Trinajstić information content (AvgIpc) is 3.43. The van der Waals surface area contributed by atoms with Gasteiger partial charge in [-0.2, -0.15) is 0 Å². The van der Waals surface area contributed by atoms with Gasteiger partial charge in [0, 0.05) is 63.9 Å². The number of benzene rings is 1. The van der Waals surface area contributed by atoms with Crippen LogP contribution in [0.1, 0.15) is 45.1 Å². The van der Waals surface area contributed by atoms with Gasteiger partial charge >= 0.3 is 0 Å². The first-order valence-electron chi connectivity index (χ1n) is 12.7. The largest absolute Gasteiger partial charge is 0.454 e. The number of rotatable bonds is 7. The Bertz CT molecular complexity index is 752. The van der Waals surface area contributed by atoms with E-state index in [1.807, 2.05) is 6.07 Å². The SMILES string of the molecule is CC(C)CC1CC(CN2CCCC(N3CCN(Cc4ccc5c(c4)OCO5)CC3)C2)NN1. The van der Waals surface area contributed by atoms with Gasteiger partial charge in [0.1, 0.15) is 0 Å². The van der Waals surface area contributed by atoms with Crippen LogP contribution in [0.3, 0.4) is 0 Å². The number of hydrazine groups is 1. The topological polar surface area (TPSA) is 52.2 Å². The molecule has 32 heavy (non-hydrogen) atoms. The monoisotopic (exact) mass is 443 g/mol. The van der Waals surface area contributed by atoms with Crippen LogP contribution in [0.2, 0.25) is 0 Å².